The number of fused-ring (bicyclic) bond motifs is 1. The fraction of sp³-hybridized carbons (Fsp3) is 0.118. The number of nitrogens with zero attached hydrogens (tertiary/aromatic N) is 1. The Morgan fingerprint density at radius 1 is 1.08 bits per heavy atom. The zero-order valence-corrected chi connectivity index (χ0v) is 14.5. The van der Waals surface area contributed by atoms with Gasteiger partial charge in [-0.25, -0.2) is 4.98 Å². The van der Waals surface area contributed by atoms with Gasteiger partial charge in [0.2, 0.25) is 11.9 Å². The topological polar surface area (TPSA) is 91.1 Å². The number of hydrogen-bond acceptors (Lipinski definition) is 4. The average molecular weight is 355 g/mol. The van der Waals surface area contributed by atoms with Crippen molar-refractivity contribution in [2.45, 2.75) is 6.92 Å². The van der Waals surface area contributed by atoms with Gasteiger partial charge in [0.25, 0.3) is 0 Å². The van der Waals surface area contributed by atoms with Crippen LogP contribution in [0.25, 0.3) is 11.0 Å². The number of hydrogen-bond donors (Lipinski definition) is 4. The maximum absolute atomic E-state index is 11.2. The molecule has 0 spiro atoms. The van der Waals surface area contributed by atoms with E-state index in [-0.39, 0.29) is 5.91 Å². The highest BCUT2D eigenvalue weighted by Crippen LogP contribution is 2.25. The van der Waals surface area contributed by atoms with Gasteiger partial charge in [0.05, 0.1) is 24.0 Å². The zero-order chi connectivity index (χ0) is 17.8. The lowest BCUT2D eigenvalue weighted by Crippen LogP contribution is -2.19. The quantitative estimate of drug-likeness (QED) is 0.537. The van der Waals surface area contributed by atoms with Gasteiger partial charge in [0, 0.05) is 6.92 Å². The Kier molecular flexibility index (Phi) is 4.80. The number of para-hydroxylation sites is 3. The van der Waals surface area contributed by atoms with E-state index in [4.69, 9.17) is 17.0 Å². The third-order valence-corrected chi connectivity index (χ3v) is 3.61. The molecule has 7 nitrogen and oxygen atoms in total. The van der Waals surface area contributed by atoms with E-state index in [9.17, 15) is 4.79 Å². The minimum atomic E-state index is -0.193. The van der Waals surface area contributed by atoms with Crippen LogP contribution in [0, 0.1) is 0 Å². The highest BCUT2D eigenvalue weighted by atomic mass is 32.1. The highest BCUT2D eigenvalue weighted by molar-refractivity contribution is 7.80. The second kappa shape index (κ2) is 7.18. The SMILES string of the molecule is COc1ccccc1NC(=S)Nc1cccc2[nH]c(NC(C)=O)nc12. The molecule has 128 valence electrons. The van der Waals surface area contributed by atoms with Crippen molar-refractivity contribution < 1.29 is 9.53 Å². The number of amides is 1. The molecule has 0 aliphatic carbocycles. The zero-order valence-electron chi connectivity index (χ0n) is 13.7. The molecule has 0 aliphatic heterocycles. The first-order chi connectivity index (χ1) is 12.1. The van der Waals surface area contributed by atoms with Crippen molar-refractivity contribution in [2.24, 2.45) is 0 Å². The summed E-state index contributed by atoms with van der Waals surface area (Å²) >= 11 is 5.38. The maximum Gasteiger partial charge on any atom is 0.223 e. The molecule has 4 N–H and O–H groups in total. The second-order valence-corrected chi connectivity index (χ2v) is 5.66. The third-order valence-electron chi connectivity index (χ3n) is 3.41. The van der Waals surface area contributed by atoms with Crippen molar-refractivity contribution in [2.75, 3.05) is 23.1 Å². The van der Waals surface area contributed by atoms with Gasteiger partial charge in [-0.2, -0.15) is 0 Å². The van der Waals surface area contributed by atoms with Crippen LogP contribution in [-0.4, -0.2) is 28.1 Å². The number of thiocarbonyl (C=S) groups is 1. The summed E-state index contributed by atoms with van der Waals surface area (Å²) in [5, 5.41) is 9.26. The van der Waals surface area contributed by atoms with Gasteiger partial charge in [-0.15, -0.1) is 0 Å². The lowest BCUT2D eigenvalue weighted by atomic mass is 10.2. The molecule has 1 heterocycles. The summed E-state index contributed by atoms with van der Waals surface area (Å²) in [6.45, 7) is 1.43. The van der Waals surface area contributed by atoms with Crippen LogP contribution in [0.1, 0.15) is 6.92 Å². The number of ether oxygens (including phenoxy) is 1. The fourth-order valence-electron chi connectivity index (χ4n) is 2.38. The molecule has 0 fully saturated rings. The number of aromatic amines is 1. The van der Waals surface area contributed by atoms with E-state index in [2.05, 4.69) is 25.9 Å². The Hall–Kier alpha value is -3.13. The Balaban J connectivity index is 1.81. The van der Waals surface area contributed by atoms with Crippen molar-refractivity contribution in [1.29, 1.82) is 0 Å². The number of aromatic nitrogens is 2. The number of nitrogens with one attached hydrogen (secondary N) is 4. The van der Waals surface area contributed by atoms with Crippen molar-refractivity contribution in [1.82, 2.24) is 9.97 Å². The summed E-state index contributed by atoms with van der Waals surface area (Å²) in [5.74, 6) is 0.889. The molecule has 0 aliphatic rings. The summed E-state index contributed by atoms with van der Waals surface area (Å²) in [4.78, 5) is 18.6. The molecule has 1 aromatic heterocycles. The minimum Gasteiger partial charge on any atom is -0.495 e. The van der Waals surface area contributed by atoms with E-state index in [1.54, 1.807) is 7.11 Å². The number of benzene rings is 2. The Morgan fingerprint density at radius 3 is 2.56 bits per heavy atom. The molecule has 0 saturated carbocycles. The molecule has 1 amide bonds. The monoisotopic (exact) mass is 355 g/mol. The molecule has 0 saturated heterocycles. The first-order valence-electron chi connectivity index (χ1n) is 7.54. The standard InChI is InChI=1S/C17H17N5O2S/c1-10(23)18-16-19-12-7-5-8-13(15(12)22-16)21-17(25)20-11-6-3-4-9-14(11)24-2/h3-9H,1-2H3,(H2,20,21,25)(H2,18,19,22,23). The molecule has 3 rings (SSSR count). The second-order valence-electron chi connectivity index (χ2n) is 5.25. The number of carbonyl (C=O) groups is 1. The van der Waals surface area contributed by atoms with Gasteiger partial charge in [0.1, 0.15) is 11.3 Å². The number of imidazole rings is 1. The molecule has 2 aromatic carbocycles. The smallest absolute Gasteiger partial charge is 0.223 e. The van der Waals surface area contributed by atoms with Gasteiger partial charge in [-0.05, 0) is 36.5 Å². The Labute approximate surface area is 149 Å². The molecule has 3 aromatic rings. The fourth-order valence-corrected chi connectivity index (χ4v) is 2.60. The lowest BCUT2D eigenvalue weighted by molar-refractivity contribution is -0.114. The van der Waals surface area contributed by atoms with Crippen molar-refractivity contribution in [3.63, 3.8) is 0 Å². The summed E-state index contributed by atoms with van der Waals surface area (Å²) in [6, 6.07) is 13.1. The van der Waals surface area contributed by atoms with E-state index in [1.165, 1.54) is 6.92 Å². The Bertz CT molecular complexity index is 938. The Morgan fingerprint density at radius 2 is 1.80 bits per heavy atom. The molecular weight excluding hydrogens is 338 g/mol. The third kappa shape index (κ3) is 3.86. The predicted octanol–water partition coefficient (Wildman–Crippen LogP) is 3.34. The molecule has 25 heavy (non-hydrogen) atoms. The summed E-state index contributed by atoms with van der Waals surface area (Å²) in [6.07, 6.45) is 0. The van der Waals surface area contributed by atoms with Gasteiger partial charge < -0.3 is 20.4 Å². The van der Waals surface area contributed by atoms with Crippen LogP contribution in [0.4, 0.5) is 17.3 Å². The predicted molar refractivity (Wildman–Crippen MR) is 103 cm³/mol. The first kappa shape index (κ1) is 16.7. The molecular formula is C17H17N5O2S. The van der Waals surface area contributed by atoms with Crippen molar-refractivity contribution in [3.8, 4) is 5.75 Å². The van der Waals surface area contributed by atoms with Crippen LogP contribution < -0.4 is 20.7 Å². The molecule has 0 bridgehead atoms. The summed E-state index contributed by atoms with van der Waals surface area (Å²) < 4.78 is 5.30. The number of methoxy groups -OCH3 is 1. The number of rotatable bonds is 4. The highest BCUT2D eigenvalue weighted by Gasteiger charge is 2.10. The van der Waals surface area contributed by atoms with Crippen LogP contribution in [0.15, 0.2) is 42.5 Å². The summed E-state index contributed by atoms with van der Waals surface area (Å²) in [5.41, 5.74) is 2.94. The van der Waals surface area contributed by atoms with Gasteiger partial charge in [-0.1, -0.05) is 18.2 Å². The number of carbonyl (C=O) groups excluding carboxylic acids is 1. The van der Waals surface area contributed by atoms with Gasteiger partial charge >= 0.3 is 0 Å². The van der Waals surface area contributed by atoms with Gasteiger partial charge in [0.15, 0.2) is 5.11 Å². The van der Waals surface area contributed by atoms with Crippen LogP contribution >= 0.6 is 12.2 Å². The summed E-state index contributed by atoms with van der Waals surface area (Å²) in [7, 11) is 1.60. The van der Waals surface area contributed by atoms with E-state index < -0.39 is 0 Å². The number of H-pyrrole nitrogens is 1. The maximum atomic E-state index is 11.2. The molecule has 0 atom stereocenters. The lowest BCUT2D eigenvalue weighted by Gasteiger charge is -2.13. The van der Waals surface area contributed by atoms with Crippen LogP contribution in [0.5, 0.6) is 5.75 Å². The van der Waals surface area contributed by atoms with E-state index >= 15 is 0 Å². The first-order valence-corrected chi connectivity index (χ1v) is 7.95. The van der Waals surface area contributed by atoms with Gasteiger partial charge in [-0.3, -0.25) is 10.1 Å². The van der Waals surface area contributed by atoms with E-state index in [0.29, 0.717) is 22.3 Å². The van der Waals surface area contributed by atoms with E-state index in [1.807, 2.05) is 42.5 Å². The van der Waals surface area contributed by atoms with Crippen molar-refractivity contribution in [3.05, 3.63) is 42.5 Å². The van der Waals surface area contributed by atoms with Crippen LogP contribution in [-0.2, 0) is 4.79 Å². The van der Waals surface area contributed by atoms with Crippen LogP contribution in [0.2, 0.25) is 0 Å². The normalized spacial score (nSPS) is 10.3. The van der Waals surface area contributed by atoms with Crippen LogP contribution in [0.3, 0.4) is 0 Å². The van der Waals surface area contributed by atoms with Crippen molar-refractivity contribution >= 4 is 51.6 Å². The molecule has 0 radical (unpaired) electrons. The van der Waals surface area contributed by atoms with E-state index in [0.717, 1.165) is 16.9 Å². The number of anilines is 3. The average Bonchev–Trinajstić information content (AvgIpc) is 2.98. The minimum absolute atomic E-state index is 0.193. The molecule has 8 heteroatoms. The molecule has 0 unspecified atom stereocenters. The largest absolute Gasteiger partial charge is 0.495 e.